The zero-order chi connectivity index (χ0) is 10.1. The first-order chi connectivity index (χ1) is 5.91. The summed E-state index contributed by atoms with van der Waals surface area (Å²) >= 11 is 1.97. The van der Waals surface area contributed by atoms with E-state index >= 15 is 0 Å². The average molecular weight is 203 g/mol. The summed E-state index contributed by atoms with van der Waals surface area (Å²) in [5.41, 5.74) is -0.617. The number of rotatable bonds is 4. The van der Waals surface area contributed by atoms with Gasteiger partial charge < -0.3 is 10.4 Å². The molecule has 1 fully saturated rings. The number of aliphatic hydroxyl groups is 1. The van der Waals surface area contributed by atoms with Crippen molar-refractivity contribution < 1.29 is 5.11 Å². The molecule has 0 bridgehead atoms. The molecule has 13 heavy (non-hydrogen) atoms. The summed E-state index contributed by atoms with van der Waals surface area (Å²) in [7, 11) is 0. The second-order valence-corrected chi connectivity index (χ2v) is 5.85. The van der Waals surface area contributed by atoms with Crippen molar-refractivity contribution in [2.45, 2.75) is 45.4 Å². The van der Waals surface area contributed by atoms with E-state index in [1.165, 1.54) is 11.5 Å². The van der Waals surface area contributed by atoms with Crippen LogP contribution in [0, 0.1) is 5.92 Å². The van der Waals surface area contributed by atoms with E-state index < -0.39 is 5.60 Å². The van der Waals surface area contributed by atoms with Crippen molar-refractivity contribution in [1.29, 1.82) is 0 Å². The van der Waals surface area contributed by atoms with Gasteiger partial charge in [-0.3, -0.25) is 0 Å². The molecule has 1 atom stereocenters. The van der Waals surface area contributed by atoms with Gasteiger partial charge in [0.1, 0.15) is 0 Å². The molecule has 0 amide bonds. The van der Waals surface area contributed by atoms with Crippen LogP contribution in [0.5, 0.6) is 0 Å². The van der Waals surface area contributed by atoms with Crippen molar-refractivity contribution in [3.63, 3.8) is 0 Å². The van der Waals surface area contributed by atoms with E-state index in [4.69, 9.17) is 0 Å². The van der Waals surface area contributed by atoms with Gasteiger partial charge in [0.25, 0.3) is 0 Å². The highest BCUT2D eigenvalue weighted by Crippen LogP contribution is 2.23. The Morgan fingerprint density at radius 1 is 1.38 bits per heavy atom. The van der Waals surface area contributed by atoms with E-state index in [9.17, 15) is 5.11 Å². The van der Waals surface area contributed by atoms with E-state index in [1.54, 1.807) is 0 Å². The highest BCUT2D eigenvalue weighted by Gasteiger charge is 2.32. The van der Waals surface area contributed by atoms with E-state index in [0.29, 0.717) is 12.0 Å². The Hall–Kier alpha value is 0.270. The van der Waals surface area contributed by atoms with Crippen LogP contribution < -0.4 is 5.32 Å². The fourth-order valence-electron chi connectivity index (χ4n) is 1.80. The summed E-state index contributed by atoms with van der Waals surface area (Å²) in [5, 5.41) is 13.5. The Morgan fingerprint density at radius 2 is 1.92 bits per heavy atom. The minimum Gasteiger partial charge on any atom is -0.389 e. The van der Waals surface area contributed by atoms with Crippen molar-refractivity contribution in [1.82, 2.24) is 5.32 Å². The third kappa shape index (κ3) is 3.15. The number of thioether (sulfide) groups is 1. The molecule has 3 heteroatoms. The summed E-state index contributed by atoms with van der Waals surface area (Å²) in [6, 6.07) is 0.822. The van der Waals surface area contributed by atoms with Crippen LogP contribution in [-0.2, 0) is 0 Å². The minimum absolute atomic E-state index is 0.207. The van der Waals surface area contributed by atoms with Gasteiger partial charge in [-0.15, -0.1) is 0 Å². The molecule has 2 N–H and O–H groups in total. The largest absolute Gasteiger partial charge is 0.389 e. The predicted molar refractivity (Wildman–Crippen MR) is 59.2 cm³/mol. The lowest BCUT2D eigenvalue weighted by Gasteiger charge is -2.39. The topological polar surface area (TPSA) is 32.3 Å². The van der Waals surface area contributed by atoms with Crippen molar-refractivity contribution in [3.8, 4) is 0 Å². The standard InChI is InChI=1S/C10H21NOS/c1-7(2)9(10(3,4)12)11-8-5-13-6-8/h7-9,11-12H,5-6H2,1-4H3/t9-/m0/s1. The summed E-state index contributed by atoms with van der Waals surface area (Å²) in [6.45, 7) is 8.08. The molecule has 0 unspecified atom stereocenters. The molecule has 1 rings (SSSR count). The summed E-state index contributed by atoms with van der Waals surface area (Å²) < 4.78 is 0. The van der Waals surface area contributed by atoms with Gasteiger partial charge in [0, 0.05) is 23.6 Å². The average Bonchev–Trinajstić information content (AvgIpc) is 1.79. The lowest BCUT2D eigenvalue weighted by molar-refractivity contribution is 0.0169. The third-order valence-corrected chi connectivity index (χ3v) is 3.76. The molecule has 0 saturated carbocycles. The van der Waals surface area contributed by atoms with Gasteiger partial charge in [0.15, 0.2) is 0 Å². The molecular weight excluding hydrogens is 182 g/mol. The van der Waals surface area contributed by atoms with Crippen LogP contribution >= 0.6 is 11.8 Å². The molecule has 78 valence electrons. The third-order valence-electron chi connectivity index (χ3n) is 2.48. The van der Waals surface area contributed by atoms with Gasteiger partial charge in [-0.25, -0.2) is 0 Å². The molecule has 0 radical (unpaired) electrons. The van der Waals surface area contributed by atoms with Crippen LogP contribution in [0.2, 0.25) is 0 Å². The van der Waals surface area contributed by atoms with Gasteiger partial charge >= 0.3 is 0 Å². The smallest absolute Gasteiger partial charge is 0.0746 e. The van der Waals surface area contributed by atoms with E-state index in [-0.39, 0.29) is 6.04 Å². The number of nitrogens with one attached hydrogen (secondary N) is 1. The van der Waals surface area contributed by atoms with Crippen LogP contribution in [0.15, 0.2) is 0 Å². The monoisotopic (exact) mass is 203 g/mol. The van der Waals surface area contributed by atoms with Gasteiger partial charge in [-0.05, 0) is 19.8 Å². The van der Waals surface area contributed by atoms with E-state index in [1.807, 2.05) is 25.6 Å². The molecule has 1 aliphatic heterocycles. The highest BCUT2D eigenvalue weighted by atomic mass is 32.2. The second-order valence-electron chi connectivity index (χ2n) is 4.78. The summed E-state index contributed by atoms with van der Waals surface area (Å²) in [4.78, 5) is 0. The SMILES string of the molecule is CC(C)[C@H](NC1CSC1)C(C)(C)O. The maximum atomic E-state index is 9.95. The summed E-state index contributed by atoms with van der Waals surface area (Å²) in [6.07, 6.45) is 0. The van der Waals surface area contributed by atoms with Crippen molar-refractivity contribution in [2.75, 3.05) is 11.5 Å². The van der Waals surface area contributed by atoms with Gasteiger partial charge in [0.05, 0.1) is 5.60 Å². The predicted octanol–water partition coefficient (Wildman–Crippen LogP) is 1.49. The first-order valence-electron chi connectivity index (χ1n) is 4.97. The van der Waals surface area contributed by atoms with Crippen LogP contribution in [-0.4, -0.2) is 34.3 Å². The molecule has 1 heterocycles. The first kappa shape index (κ1) is 11.3. The molecule has 0 aromatic heterocycles. The maximum Gasteiger partial charge on any atom is 0.0746 e. The fraction of sp³-hybridized carbons (Fsp3) is 1.00. The summed E-state index contributed by atoms with van der Waals surface area (Å²) in [5.74, 6) is 2.86. The van der Waals surface area contributed by atoms with Crippen LogP contribution in [0.3, 0.4) is 0 Å². The van der Waals surface area contributed by atoms with E-state index in [0.717, 1.165) is 0 Å². The van der Waals surface area contributed by atoms with Crippen molar-refractivity contribution in [3.05, 3.63) is 0 Å². The highest BCUT2D eigenvalue weighted by molar-refractivity contribution is 8.00. The molecule has 2 nitrogen and oxygen atoms in total. The van der Waals surface area contributed by atoms with Crippen LogP contribution in [0.4, 0.5) is 0 Å². The van der Waals surface area contributed by atoms with E-state index in [2.05, 4.69) is 19.2 Å². The molecule has 0 spiro atoms. The Bertz CT molecular complexity index is 161. The lowest BCUT2D eigenvalue weighted by atomic mass is 9.89. The Labute approximate surface area is 85.5 Å². The Kier molecular flexibility index (Phi) is 3.66. The molecule has 0 aromatic carbocycles. The normalized spacial score (nSPS) is 21.7. The van der Waals surface area contributed by atoms with Crippen LogP contribution in [0.25, 0.3) is 0 Å². The maximum absolute atomic E-state index is 9.95. The first-order valence-corrected chi connectivity index (χ1v) is 6.13. The molecule has 0 aromatic rings. The number of hydrogen-bond acceptors (Lipinski definition) is 3. The van der Waals surface area contributed by atoms with Gasteiger partial charge in [0.2, 0.25) is 0 Å². The van der Waals surface area contributed by atoms with Crippen molar-refractivity contribution in [2.24, 2.45) is 5.92 Å². The molecule has 0 aliphatic carbocycles. The zero-order valence-corrected chi connectivity index (χ0v) is 9.82. The molecule has 1 aliphatic rings. The van der Waals surface area contributed by atoms with Gasteiger partial charge in [-0.1, -0.05) is 13.8 Å². The minimum atomic E-state index is -0.617. The number of hydrogen-bond donors (Lipinski definition) is 2. The Morgan fingerprint density at radius 3 is 2.15 bits per heavy atom. The van der Waals surface area contributed by atoms with Gasteiger partial charge in [-0.2, -0.15) is 11.8 Å². The second kappa shape index (κ2) is 4.20. The molecule has 1 saturated heterocycles. The Balaban J connectivity index is 2.46. The zero-order valence-electron chi connectivity index (χ0n) is 9.00. The van der Waals surface area contributed by atoms with Crippen LogP contribution in [0.1, 0.15) is 27.7 Å². The quantitative estimate of drug-likeness (QED) is 0.726. The lowest BCUT2D eigenvalue weighted by Crippen LogP contribution is -2.56. The van der Waals surface area contributed by atoms with Crippen molar-refractivity contribution >= 4 is 11.8 Å². The fourth-order valence-corrected chi connectivity index (χ4v) is 2.46. The molecular formula is C10H21NOS.